The standard InChI is InChI=1S/C16H17F2NO2/c1-11-4-2-5-13(8-11)21-10-12(20)9-19-15-7-3-6-14(17)16(15)18/h2-8,12,19-20H,9-10H2,1H3. The predicted octanol–water partition coefficient (Wildman–Crippen LogP) is 3.13. The summed E-state index contributed by atoms with van der Waals surface area (Å²) in [5, 5.41) is 12.5. The van der Waals surface area contributed by atoms with Gasteiger partial charge in [-0.1, -0.05) is 18.2 Å². The molecule has 2 N–H and O–H groups in total. The molecule has 2 aromatic rings. The van der Waals surface area contributed by atoms with Crippen LogP contribution in [0.3, 0.4) is 0 Å². The number of anilines is 1. The van der Waals surface area contributed by atoms with Gasteiger partial charge in [-0.2, -0.15) is 0 Å². The molecule has 0 spiro atoms. The lowest BCUT2D eigenvalue weighted by Crippen LogP contribution is -2.26. The maximum Gasteiger partial charge on any atom is 0.181 e. The van der Waals surface area contributed by atoms with E-state index in [1.165, 1.54) is 12.1 Å². The molecule has 2 rings (SSSR count). The zero-order chi connectivity index (χ0) is 15.2. The van der Waals surface area contributed by atoms with Gasteiger partial charge in [0.2, 0.25) is 0 Å². The van der Waals surface area contributed by atoms with Gasteiger partial charge < -0.3 is 15.2 Å². The molecule has 5 heteroatoms. The first-order valence-corrected chi connectivity index (χ1v) is 6.61. The minimum absolute atomic E-state index is 0.0182. The van der Waals surface area contributed by atoms with Crippen LogP contribution in [0.2, 0.25) is 0 Å². The third kappa shape index (κ3) is 4.43. The summed E-state index contributed by atoms with van der Waals surface area (Å²) in [4.78, 5) is 0. The van der Waals surface area contributed by atoms with Crippen LogP contribution in [0.25, 0.3) is 0 Å². The summed E-state index contributed by atoms with van der Waals surface area (Å²) in [6, 6.07) is 11.3. The number of aryl methyl sites for hydroxylation is 1. The van der Waals surface area contributed by atoms with Crippen LogP contribution in [0.15, 0.2) is 42.5 Å². The van der Waals surface area contributed by atoms with Crippen LogP contribution < -0.4 is 10.1 Å². The first kappa shape index (κ1) is 15.3. The van der Waals surface area contributed by atoms with Gasteiger partial charge in [-0.05, 0) is 36.8 Å². The molecule has 1 atom stereocenters. The van der Waals surface area contributed by atoms with Crippen molar-refractivity contribution in [3.8, 4) is 5.75 Å². The minimum Gasteiger partial charge on any atom is -0.491 e. The number of ether oxygens (including phenoxy) is 1. The summed E-state index contributed by atoms with van der Waals surface area (Å²) in [6.07, 6.45) is -0.840. The molecule has 0 fully saturated rings. The Bertz CT molecular complexity index is 605. The molecular formula is C16H17F2NO2. The van der Waals surface area contributed by atoms with Crippen molar-refractivity contribution < 1.29 is 18.6 Å². The van der Waals surface area contributed by atoms with E-state index in [1.807, 2.05) is 25.1 Å². The number of nitrogens with one attached hydrogen (secondary N) is 1. The Morgan fingerprint density at radius 1 is 1.19 bits per heavy atom. The predicted molar refractivity (Wildman–Crippen MR) is 77.5 cm³/mol. The van der Waals surface area contributed by atoms with Gasteiger partial charge in [-0.25, -0.2) is 8.78 Å². The molecule has 0 radical (unpaired) electrons. The number of aliphatic hydroxyl groups is 1. The number of rotatable bonds is 6. The van der Waals surface area contributed by atoms with Gasteiger partial charge >= 0.3 is 0 Å². The third-order valence-electron chi connectivity index (χ3n) is 2.91. The summed E-state index contributed by atoms with van der Waals surface area (Å²) in [5.41, 5.74) is 1.08. The molecular weight excluding hydrogens is 276 g/mol. The van der Waals surface area contributed by atoms with E-state index in [-0.39, 0.29) is 18.8 Å². The molecule has 3 nitrogen and oxygen atoms in total. The highest BCUT2D eigenvalue weighted by Gasteiger charge is 2.10. The summed E-state index contributed by atoms with van der Waals surface area (Å²) in [7, 11) is 0. The summed E-state index contributed by atoms with van der Waals surface area (Å²) < 4.78 is 31.8. The van der Waals surface area contributed by atoms with Crippen molar-refractivity contribution >= 4 is 5.69 Å². The van der Waals surface area contributed by atoms with E-state index in [1.54, 1.807) is 6.07 Å². The van der Waals surface area contributed by atoms with Gasteiger partial charge in [0.25, 0.3) is 0 Å². The van der Waals surface area contributed by atoms with E-state index in [0.717, 1.165) is 11.6 Å². The molecule has 21 heavy (non-hydrogen) atoms. The fourth-order valence-electron chi connectivity index (χ4n) is 1.82. The Labute approximate surface area is 122 Å². The number of halogens is 2. The van der Waals surface area contributed by atoms with Gasteiger partial charge in [-0.15, -0.1) is 0 Å². The van der Waals surface area contributed by atoms with E-state index >= 15 is 0 Å². The highest BCUT2D eigenvalue weighted by Crippen LogP contribution is 2.16. The number of benzene rings is 2. The maximum absolute atomic E-state index is 13.4. The lowest BCUT2D eigenvalue weighted by atomic mass is 10.2. The summed E-state index contributed by atoms with van der Waals surface area (Å²) >= 11 is 0. The Morgan fingerprint density at radius 2 is 1.95 bits per heavy atom. The second-order valence-electron chi connectivity index (χ2n) is 4.76. The fourth-order valence-corrected chi connectivity index (χ4v) is 1.82. The SMILES string of the molecule is Cc1cccc(OCC(O)CNc2cccc(F)c2F)c1. The molecule has 2 aromatic carbocycles. The first-order chi connectivity index (χ1) is 10.1. The van der Waals surface area contributed by atoms with Crippen molar-refractivity contribution in [2.24, 2.45) is 0 Å². The van der Waals surface area contributed by atoms with Gasteiger partial charge in [0.1, 0.15) is 18.5 Å². The summed E-state index contributed by atoms with van der Waals surface area (Å²) in [5.74, 6) is -1.22. The number of aliphatic hydroxyl groups excluding tert-OH is 1. The fraction of sp³-hybridized carbons (Fsp3) is 0.250. The van der Waals surface area contributed by atoms with Gasteiger partial charge in [0.05, 0.1) is 5.69 Å². The second kappa shape index (κ2) is 7.04. The molecule has 0 aliphatic rings. The van der Waals surface area contributed by atoms with E-state index < -0.39 is 17.7 Å². The average molecular weight is 293 g/mol. The lowest BCUT2D eigenvalue weighted by Gasteiger charge is -2.14. The molecule has 1 unspecified atom stereocenters. The van der Waals surface area contributed by atoms with Crippen LogP contribution in [0.5, 0.6) is 5.75 Å². The van der Waals surface area contributed by atoms with Crippen LogP contribution in [0.1, 0.15) is 5.56 Å². The number of hydrogen-bond donors (Lipinski definition) is 2. The van der Waals surface area contributed by atoms with Crippen molar-refractivity contribution in [3.63, 3.8) is 0 Å². The molecule has 0 bridgehead atoms. The molecule has 0 aromatic heterocycles. The minimum atomic E-state index is -0.954. The van der Waals surface area contributed by atoms with Gasteiger partial charge in [-0.3, -0.25) is 0 Å². The van der Waals surface area contributed by atoms with Crippen LogP contribution in [0.4, 0.5) is 14.5 Å². The molecule has 0 saturated heterocycles. The maximum atomic E-state index is 13.4. The van der Waals surface area contributed by atoms with E-state index in [4.69, 9.17) is 4.74 Å². The molecule has 112 valence electrons. The molecule has 0 heterocycles. The molecule has 0 saturated carbocycles. The average Bonchev–Trinajstić information content (AvgIpc) is 2.47. The number of hydrogen-bond acceptors (Lipinski definition) is 3. The summed E-state index contributed by atoms with van der Waals surface area (Å²) in [6.45, 7) is 2.07. The van der Waals surface area contributed by atoms with E-state index in [0.29, 0.717) is 5.75 Å². The Morgan fingerprint density at radius 3 is 2.71 bits per heavy atom. The van der Waals surface area contributed by atoms with Crippen LogP contribution >= 0.6 is 0 Å². The highest BCUT2D eigenvalue weighted by molar-refractivity contribution is 5.45. The molecule has 0 aliphatic carbocycles. The topological polar surface area (TPSA) is 41.5 Å². The van der Waals surface area contributed by atoms with Crippen molar-refractivity contribution in [1.82, 2.24) is 0 Å². The normalized spacial score (nSPS) is 12.0. The quantitative estimate of drug-likeness (QED) is 0.860. The van der Waals surface area contributed by atoms with Gasteiger partial charge in [0.15, 0.2) is 11.6 Å². The van der Waals surface area contributed by atoms with E-state index in [2.05, 4.69) is 5.32 Å². The van der Waals surface area contributed by atoms with Crippen molar-refractivity contribution in [3.05, 3.63) is 59.7 Å². The largest absolute Gasteiger partial charge is 0.491 e. The first-order valence-electron chi connectivity index (χ1n) is 6.61. The smallest absolute Gasteiger partial charge is 0.181 e. The highest BCUT2D eigenvalue weighted by atomic mass is 19.2. The zero-order valence-electron chi connectivity index (χ0n) is 11.6. The Kier molecular flexibility index (Phi) is 5.11. The molecule has 0 aliphatic heterocycles. The van der Waals surface area contributed by atoms with Crippen LogP contribution in [-0.2, 0) is 0 Å². The molecule has 0 amide bonds. The van der Waals surface area contributed by atoms with Gasteiger partial charge in [0, 0.05) is 6.54 Å². The monoisotopic (exact) mass is 293 g/mol. The Balaban J connectivity index is 1.82. The lowest BCUT2D eigenvalue weighted by molar-refractivity contribution is 0.117. The van der Waals surface area contributed by atoms with Crippen molar-refractivity contribution in [2.45, 2.75) is 13.0 Å². The van der Waals surface area contributed by atoms with E-state index in [9.17, 15) is 13.9 Å². The van der Waals surface area contributed by atoms with Crippen molar-refractivity contribution in [1.29, 1.82) is 0 Å². The zero-order valence-corrected chi connectivity index (χ0v) is 11.6. The van der Waals surface area contributed by atoms with Crippen molar-refractivity contribution in [2.75, 3.05) is 18.5 Å². The van der Waals surface area contributed by atoms with Crippen LogP contribution in [0, 0.1) is 18.6 Å². The second-order valence-corrected chi connectivity index (χ2v) is 4.76. The van der Waals surface area contributed by atoms with Crippen LogP contribution in [-0.4, -0.2) is 24.4 Å². The Hall–Kier alpha value is -2.14. The third-order valence-corrected chi connectivity index (χ3v) is 2.91.